The van der Waals surface area contributed by atoms with Gasteiger partial charge >= 0.3 is 0 Å². The van der Waals surface area contributed by atoms with Gasteiger partial charge in [-0.1, -0.05) is 0 Å². The molecule has 1 amide bonds. The van der Waals surface area contributed by atoms with Gasteiger partial charge in [0.05, 0.1) is 5.92 Å². The summed E-state index contributed by atoms with van der Waals surface area (Å²) in [5.74, 6) is -4.04. The molecule has 106 valence electrons. The Balaban J connectivity index is 2.19. The van der Waals surface area contributed by atoms with Gasteiger partial charge in [-0.3, -0.25) is 14.4 Å². The number of carbonyl (C=O) groups is 3. The summed E-state index contributed by atoms with van der Waals surface area (Å²) in [5, 5.41) is 2.51. The molecule has 2 rings (SSSR count). The molecule has 2 fully saturated rings. The second-order valence-corrected chi connectivity index (χ2v) is 5.03. The van der Waals surface area contributed by atoms with Crippen LogP contribution >= 0.6 is 0 Å². The summed E-state index contributed by atoms with van der Waals surface area (Å²) >= 11 is 0. The first-order valence-corrected chi connectivity index (χ1v) is 5.98. The summed E-state index contributed by atoms with van der Waals surface area (Å²) in [6.07, 6.45) is 0.641. The molecule has 0 heterocycles. The Morgan fingerprint density at radius 1 is 1.47 bits per heavy atom. The van der Waals surface area contributed by atoms with E-state index < -0.39 is 35.4 Å². The number of halogens is 1. The Morgan fingerprint density at radius 2 is 2.11 bits per heavy atom. The topological polar surface area (TPSA) is 109 Å². The fourth-order valence-electron chi connectivity index (χ4n) is 2.88. The highest BCUT2D eigenvalue weighted by Crippen LogP contribution is 2.67. The Hall–Kier alpha value is -1.70. The van der Waals surface area contributed by atoms with Gasteiger partial charge in [0.1, 0.15) is 0 Å². The lowest BCUT2D eigenvalue weighted by molar-refractivity contribution is -0.398. The first-order valence-electron chi connectivity index (χ1n) is 5.98. The first-order chi connectivity index (χ1) is 8.91. The highest BCUT2D eigenvalue weighted by atomic mass is 19.2. The number of carbonyl (C=O) groups excluding carboxylic acids is 3. The predicted octanol–water partition coefficient (Wildman–Crippen LogP) is -1.52. The van der Waals surface area contributed by atoms with Gasteiger partial charge in [0, 0.05) is 12.3 Å². The molecule has 4 N–H and O–H groups in total. The summed E-state index contributed by atoms with van der Waals surface area (Å²) < 4.78 is 23.6. The Labute approximate surface area is 108 Å². The number of rotatable bonds is 6. The molecule has 2 saturated carbocycles. The smallest absolute Gasteiger partial charge is 0.295 e. The molecule has 0 aromatic carbocycles. The highest BCUT2D eigenvalue weighted by Gasteiger charge is 2.81. The van der Waals surface area contributed by atoms with Crippen LogP contribution in [0.15, 0.2) is 0 Å². The molecule has 2 aliphatic rings. The van der Waals surface area contributed by atoms with Gasteiger partial charge in [-0.25, -0.2) is 0 Å². The van der Waals surface area contributed by atoms with Crippen molar-refractivity contribution in [3.63, 3.8) is 0 Å². The minimum atomic E-state index is -2.17. The number of hydrogen-bond donors (Lipinski definition) is 2. The average Bonchev–Trinajstić information content (AvgIpc) is 2.73. The van der Waals surface area contributed by atoms with E-state index in [1.165, 1.54) is 0 Å². The largest absolute Gasteiger partial charge is 0.441 e. The minimum Gasteiger partial charge on any atom is -0.441 e. The minimum absolute atomic E-state index is 0.0236. The van der Waals surface area contributed by atoms with Gasteiger partial charge in [0.2, 0.25) is 0 Å². The van der Waals surface area contributed by atoms with Gasteiger partial charge in [-0.2, -0.15) is 4.39 Å². The molecule has 0 bridgehead atoms. The number of nitrogens with one attached hydrogen (secondary N) is 1. The van der Waals surface area contributed by atoms with Crippen LogP contribution in [0.5, 0.6) is 0 Å². The normalized spacial score (nSPS) is 40.8. The fraction of sp³-hybridized carbons (Fsp3) is 0.727. The third-order valence-corrected chi connectivity index (χ3v) is 3.82. The lowest BCUT2D eigenvalue weighted by Crippen LogP contribution is -2.69. The van der Waals surface area contributed by atoms with Gasteiger partial charge in [0.25, 0.3) is 24.7 Å². The number of fused-ring (bicyclic) bond motifs is 1. The Bertz CT molecular complexity index is 418. The van der Waals surface area contributed by atoms with E-state index in [1.54, 1.807) is 6.92 Å². The van der Waals surface area contributed by atoms with E-state index in [0.29, 0.717) is 6.42 Å². The molecular formula is C11H16FN2O5+. The van der Waals surface area contributed by atoms with Crippen LogP contribution in [0, 0.1) is 11.8 Å². The molecule has 0 unspecified atom stereocenters. The molecule has 5 atom stereocenters. The number of quaternary nitrogens is 1. The van der Waals surface area contributed by atoms with Crippen molar-refractivity contribution in [3.8, 4) is 0 Å². The highest BCUT2D eigenvalue weighted by molar-refractivity contribution is 5.80. The van der Waals surface area contributed by atoms with Crippen molar-refractivity contribution in [2.75, 3.05) is 0 Å². The van der Waals surface area contributed by atoms with Crippen molar-refractivity contribution in [1.82, 2.24) is 5.32 Å². The van der Waals surface area contributed by atoms with Gasteiger partial charge in [-0.05, 0) is 13.3 Å². The average molecular weight is 275 g/mol. The molecule has 0 saturated heterocycles. The maximum absolute atomic E-state index is 14.3. The molecule has 0 aromatic heterocycles. The quantitative estimate of drug-likeness (QED) is 0.452. The molecule has 0 radical (unpaired) electrons. The monoisotopic (exact) mass is 275 g/mol. The van der Waals surface area contributed by atoms with Crippen LogP contribution in [0.1, 0.15) is 19.8 Å². The van der Waals surface area contributed by atoms with Crippen LogP contribution < -0.4 is 11.1 Å². The van der Waals surface area contributed by atoms with Gasteiger partial charge in [-0.15, -0.1) is 0 Å². The van der Waals surface area contributed by atoms with Crippen molar-refractivity contribution >= 4 is 18.9 Å². The lowest BCUT2D eigenvalue weighted by Gasteiger charge is -2.31. The molecule has 7 nitrogen and oxygen atoms in total. The van der Waals surface area contributed by atoms with Crippen molar-refractivity contribution in [2.24, 2.45) is 11.8 Å². The third-order valence-electron chi connectivity index (χ3n) is 3.82. The molecule has 19 heavy (non-hydrogen) atoms. The second-order valence-electron chi connectivity index (χ2n) is 5.03. The molecule has 0 aliphatic heterocycles. The van der Waals surface area contributed by atoms with E-state index in [2.05, 4.69) is 15.8 Å². The number of hydrogen-bond acceptors (Lipinski definition) is 5. The summed E-state index contributed by atoms with van der Waals surface area (Å²) in [4.78, 5) is 32.7. The lowest BCUT2D eigenvalue weighted by atomic mass is 10.1. The summed E-state index contributed by atoms with van der Waals surface area (Å²) in [6.45, 7) is 1.75. The zero-order chi connectivity index (χ0) is 14.3. The Morgan fingerprint density at radius 3 is 2.63 bits per heavy atom. The van der Waals surface area contributed by atoms with E-state index in [-0.39, 0.29) is 19.4 Å². The number of alkyl halides is 1. The van der Waals surface area contributed by atoms with Crippen LogP contribution in [0.4, 0.5) is 4.39 Å². The molecular weight excluding hydrogens is 259 g/mol. The van der Waals surface area contributed by atoms with E-state index >= 15 is 0 Å². The second kappa shape index (κ2) is 4.44. The summed E-state index contributed by atoms with van der Waals surface area (Å²) in [5.41, 5.74) is 2.09. The predicted molar refractivity (Wildman–Crippen MR) is 57.6 cm³/mol. The van der Waals surface area contributed by atoms with Crippen molar-refractivity contribution in [3.05, 3.63) is 0 Å². The summed E-state index contributed by atoms with van der Waals surface area (Å²) in [6, 6.07) is -0.578. The Kier molecular flexibility index (Phi) is 3.21. The van der Waals surface area contributed by atoms with Gasteiger partial charge < -0.3 is 20.5 Å². The zero-order valence-corrected chi connectivity index (χ0v) is 10.4. The van der Waals surface area contributed by atoms with E-state index in [0.717, 1.165) is 0 Å². The molecule has 2 aliphatic carbocycles. The standard InChI is InChI=1S/C11H15FN2O5/c1-6(13)9(17)14-10(18-4-15)3-2-7-8(10)11(7,12)19-5-16/h4-8H,2-3,13H2,1H3,(H,14,17)/p+1/t6-,7-,8-,10-,11+/m1/s1. The number of ether oxygens (including phenoxy) is 2. The van der Waals surface area contributed by atoms with Gasteiger partial charge in [0.15, 0.2) is 11.8 Å². The molecule has 0 aromatic rings. The third kappa shape index (κ3) is 1.95. The first kappa shape index (κ1) is 13.7. The van der Waals surface area contributed by atoms with Crippen molar-refractivity contribution in [1.29, 1.82) is 0 Å². The van der Waals surface area contributed by atoms with Crippen LogP contribution in [0.3, 0.4) is 0 Å². The van der Waals surface area contributed by atoms with Crippen molar-refractivity contribution in [2.45, 2.75) is 37.4 Å². The SMILES string of the molecule is C[C@@H]([NH3+])C(=O)N[C@@]1(OC=O)CC[C@@H]2[C@H]1[C@@]2(F)OC=O. The molecule has 8 heteroatoms. The molecule has 0 spiro atoms. The van der Waals surface area contributed by atoms with Crippen LogP contribution in [0.2, 0.25) is 0 Å². The van der Waals surface area contributed by atoms with E-state index in [9.17, 15) is 18.8 Å². The maximum atomic E-state index is 14.3. The zero-order valence-electron chi connectivity index (χ0n) is 10.4. The number of amides is 1. The summed E-state index contributed by atoms with van der Waals surface area (Å²) in [7, 11) is 0. The fourth-order valence-corrected chi connectivity index (χ4v) is 2.88. The van der Waals surface area contributed by atoms with Crippen LogP contribution in [0.25, 0.3) is 0 Å². The van der Waals surface area contributed by atoms with Crippen molar-refractivity contribution < 1.29 is 34.0 Å². The van der Waals surface area contributed by atoms with E-state index in [1.807, 2.05) is 0 Å². The maximum Gasteiger partial charge on any atom is 0.295 e. The van der Waals surface area contributed by atoms with Crippen LogP contribution in [-0.4, -0.2) is 36.5 Å². The van der Waals surface area contributed by atoms with Crippen LogP contribution in [-0.2, 0) is 23.9 Å². The van der Waals surface area contributed by atoms with E-state index in [4.69, 9.17) is 4.74 Å².